The van der Waals surface area contributed by atoms with Crippen molar-refractivity contribution in [2.24, 2.45) is 5.73 Å². The predicted octanol–water partition coefficient (Wildman–Crippen LogP) is 4.40. The average Bonchev–Trinajstić information content (AvgIpc) is 2.28. The van der Waals surface area contributed by atoms with Crippen LogP contribution in [-0.4, -0.2) is 0 Å². The molecule has 0 saturated heterocycles. The van der Waals surface area contributed by atoms with E-state index in [9.17, 15) is 0 Å². The summed E-state index contributed by atoms with van der Waals surface area (Å²) in [4.78, 5) is 0. The predicted molar refractivity (Wildman–Crippen MR) is 73.5 cm³/mol. The Morgan fingerprint density at radius 3 is 2.56 bits per heavy atom. The number of fused-ring (bicyclic) bond motifs is 1. The minimum absolute atomic E-state index is 0.165. The van der Waals surface area contributed by atoms with E-state index in [1.165, 1.54) is 16.3 Å². The smallest absolute Gasteiger partial charge is 0.0294 e. The minimum atomic E-state index is 0.165. The van der Waals surface area contributed by atoms with Gasteiger partial charge in [-0.1, -0.05) is 47.5 Å². The van der Waals surface area contributed by atoms with Crippen molar-refractivity contribution >= 4 is 26.7 Å². The summed E-state index contributed by atoms with van der Waals surface area (Å²) in [5.41, 5.74) is 7.35. The monoisotopic (exact) mass is 277 g/mol. The van der Waals surface area contributed by atoms with Crippen LogP contribution < -0.4 is 5.73 Å². The van der Waals surface area contributed by atoms with Gasteiger partial charge in [-0.3, -0.25) is 0 Å². The van der Waals surface area contributed by atoms with E-state index in [0.717, 1.165) is 17.3 Å². The van der Waals surface area contributed by atoms with Crippen LogP contribution in [0.5, 0.6) is 0 Å². The molecule has 0 bridgehead atoms. The Balaban J connectivity index is 2.40. The zero-order valence-electron chi connectivity index (χ0n) is 9.41. The van der Waals surface area contributed by atoms with Crippen LogP contribution in [0.1, 0.15) is 31.4 Å². The molecule has 1 nitrogen and oxygen atoms in total. The second-order valence-corrected chi connectivity index (χ2v) is 5.06. The van der Waals surface area contributed by atoms with E-state index in [1.54, 1.807) is 0 Å². The normalized spacial score (nSPS) is 12.9. The standard InChI is InChI=1S/C14H16BrN/c1-2-3-14(16)12-5-4-11-9-13(15)7-6-10(11)8-12/h4-9,14H,2-3,16H2,1H3. The highest BCUT2D eigenvalue weighted by Gasteiger charge is 2.05. The molecule has 16 heavy (non-hydrogen) atoms. The van der Waals surface area contributed by atoms with Crippen LogP contribution in [-0.2, 0) is 0 Å². The van der Waals surface area contributed by atoms with Gasteiger partial charge in [0.25, 0.3) is 0 Å². The number of halogens is 1. The maximum atomic E-state index is 6.12. The van der Waals surface area contributed by atoms with Crippen LogP contribution in [0.25, 0.3) is 10.8 Å². The molecule has 0 fully saturated rings. The second-order valence-electron chi connectivity index (χ2n) is 4.15. The third-order valence-corrected chi connectivity index (χ3v) is 3.35. The summed E-state index contributed by atoms with van der Waals surface area (Å²) in [5.74, 6) is 0. The van der Waals surface area contributed by atoms with Crippen molar-refractivity contribution in [3.8, 4) is 0 Å². The minimum Gasteiger partial charge on any atom is -0.324 e. The first kappa shape index (κ1) is 11.6. The van der Waals surface area contributed by atoms with Crippen molar-refractivity contribution in [3.63, 3.8) is 0 Å². The molecule has 0 aliphatic rings. The lowest BCUT2D eigenvalue weighted by Crippen LogP contribution is -2.09. The lowest BCUT2D eigenvalue weighted by Gasteiger charge is -2.11. The van der Waals surface area contributed by atoms with Gasteiger partial charge < -0.3 is 5.73 Å². The molecule has 0 amide bonds. The fraction of sp³-hybridized carbons (Fsp3) is 0.286. The SMILES string of the molecule is CCCC(N)c1ccc2cc(Br)ccc2c1. The number of nitrogens with two attached hydrogens (primary N) is 1. The number of hydrogen-bond donors (Lipinski definition) is 1. The van der Waals surface area contributed by atoms with Crippen molar-refractivity contribution in [3.05, 3.63) is 46.4 Å². The van der Waals surface area contributed by atoms with Crippen LogP contribution in [0, 0.1) is 0 Å². The van der Waals surface area contributed by atoms with E-state index in [-0.39, 0.29) is 6.04 Å². The summed E-state index contributed by atoms with van der Waals surface area (Å²) in [7, 11) is 0. The summed E-state index contributed by atoms with van der Waals surface area (Å²) in [6.07, 6.45) is 2.17. The maximum absolute atomic E-state index is 6.12. The Kier molecular flexibility index (Phi) is 3.62. The molecule has 2 aromatic rings. The highest BCUT2D eigenvalue weighted by atomic mass is 79.9. The molecular weight excluding hydrogens is 262 g/mol. The van der Waals surface area contributed by atoms with Gasteiger partial charge in [0.2, 0.25) is 0 Å². The van der Waals surface area contributed by atoms with E-state index < -0.39 is 0 Å². The Morgan fingerprint density at radius 2 is 1.81 bits per heavy atom. The summed E-state index contributed by atoms with van der Waals surface area (Å²) >= 11 is 3.48. The highest BCUT2D eigenvalue weighted by Crippen LogP contribution is 2.24. The fourth-order valence-corrected chi connectivity index (χ4v) is 2.32. The van der Waals surface area contributed by atoms with Gasteiger partial charge in [-0.15, -0.1) is 0 Å². The van der Waals surface area contributed by atoms with Crippen LogP contribution in [0.15, 0.2) is 40.9 Å². The largest absolute Gasteiger partial charge is 0.324 e. The number of rotatable bonds is 3. The Labute approximate surface area is 105 Å². The van der Waals surface area contributed by atoms with Crippen LogP contribution >= 0.6 is 15.9 Å². The fourth-order valence-electron chi connectivity index (χ4n) is 1.94. The molecule has 0 aliphatic carbocycles. The van der Waals surface area contributed by atoms with Gasteiger partial charge in [-0.2, -0.15) is 0 Å². The average molecular weight is 278 g/mol. The molecule has 0 radical (unpaired) electrons. The molecule has 1 unspecified atom stereocenters. The summed E-state index contributed by atoms with van der Waals surface area (Å²) < 4.78 is 1.12. The van der Waals surface area contributed by atoms with E-state index >= 15 is 0 Å². The Bertz CT molecular complexity index is 493. The topological polar surface area (TPSA) is 26.0 Å². The van der Waals surface area contributed by atoms with Gasteiger partial charge in [0.05, 0.1) is 0 Å². The lowest BCUT2D eigenvalue weighted by molar-refractivity contribution is 0.639. The first-order valence-electron chi connectivity index (χ1n) is 5.65. The molecule has 0 spiro atoms. The van der Waals surface area contributed by atoms with Crippen molar-refractivity contribution < 1.29 is 0 Å². The van der Waals surface area contributed by atoms with E-state index in [1.807, 2.05) is 0 Å². The van der Waals surface area contributed by atoms with Gasteiger partial charge in [-0.05, 0) is 41.0 Å². The molecule has 0 aliphatic heterocycles. The number of benzene rings is 2. The van der Waals surface area contributed by atoms with E-state index in [4.69, 9.17) is 5.73 Å². The van der Waals surface area contributed by atoms with Crippen molar-refractivity contribution in [2.75, 3.05) is 0 Å². The second kappa shape index (κ2) is 4.98. The molecule has 2 N–H and O–H groups in total. The van der Waals surface area contributed by atoms with Gasteiger partial charge in [0.15, 0.2) is 0 Å². The summed E-state index contributed by atoms with van der Waals surface area (Å²) in [6, 6.07) is 13.0. The van der Waals surface area contributed by atoms with Gasteiger partial charge in [-0.25, -0.2) is 0 Å². The van der Waals surface area contributed by atoms with Crippen LogP contribution in [0.4, 0.5) is 0 Å². The lowest BCUT2D eigenvalue weighted by atomic mass is 10.00. The van der Waals surface area contributed by atoms with E-state index in [0.29, 0.717) is 0 Å². The summed E-state index contributed by atoms with van der Waals surface area (Å²) in [6.45, 7) is 2.16. The molecule has 2 heteroatoms. The molecule has 84 valence electrons. The van der Waals surface area contributed by atoms with Crippen LogP contribution in [0.3, 0.4) is 0 Å². The van der Waals surface area contributed by atoms with Crippen molar-refractivity contribution in [2.45, 2.75) is 25.8 Å². The molecule has 0 heterocycles. The molecule has 2 aromatic carbocycles. The van der Waals surface area contributed by atoms with Crippen LogP contribution in [0.2, 0.25) is 0 Å². The van der Waals surface area contributed by atoms with Gasteiger partial charge in [0.1, 0.15) is 0 Å². The maximum Gasteiger partial charge on any atom is 0.0294 e. The number of hydrogen-bond acceptors (Lipinski definition) is 1. The zero-order chi connectivity index (χ0) is 11.5. The third-order valence-electron chi connectivity index (χ3n) is 2.85. The van der Waals surface area contributed by atoms with Crippen molar-refractivity contribution in [1.29, 1.82) is 0 Å². The molecule has 1 atom stereocenters. The van der Waals surface area contributed by atoms with E-state index in [2.05, 4.69) is 59.3 Å². The van der Waals surface area contributed by atoms with Gasteiger partial charge >= 0.3 is 0 Å². The molecule has 2 rings (SSSR count). The van der Waals surface area contributed by atoms with Gasteiger partial charge in [0, 0.05) is 10.5 Å². The highest BCUT2D eigenvalue weighted by molar-refractivity contribution is 9.10. The first-order chi connectivity index (χ1) is 7.70. The Hall–Kier alpha value is -0.860. The molecule has 0 saturated carbocycles. The summed E-state index contributed by atoms with van der Waals surface area (Å²) in [5, 5.41) is 2.51. The van der Waals surface area contributed by atoms with Crippen molar-refractivity contribution in [1.82, 2.24) is 0 Å². The quantitative estimate of drug-likeness (QED) is 0.884. The Morgan fingerprint density at radius 1 is 1.12 bits per heavy atom. The molecule has 0 aromatic heterocycles. The zero-order valence-corrected chi connectivity index (χ0v) is 11.0. The third kappa shape index (κ3) is 2.45. The first-order valence-corrected chi connectivity index (χ1v) is 6.45. The molecular formula is C14H16BrN.